The van der Waals surface area contributed by atoms with E-state index in [0.29, 0.717) is 11.3 Å². The van der Waals surface area contributed by atoms with Crippen LogP contribution < -0.4 is 0 Å². The minimum atomic E-state index is -4.53. The fourth-order valence-electron chi connectivity index (χ4n) is 5.48. The first-order valence-electron chi connectivity index (χ1n) is 14.0. The summed E-state index contributed by atoms with van der Waals surface area (Å²) in [5.74, 6) is 0. The Hall–Kier alpha value is -4.70. The second-order valence-electron chi connectivity index (χ2n) is 11.6. The highest BCUT2D eigenvalue weighted by molar-refractivity contribution is 5.91. The number of hydrogen-bond acceptors (Lipinski definition) is 1. The maximum atomic E-state index is 14.2. The molecule has 0 saturated carbocycles. The lowest BCUT2D eigenvalue weighted by Gasteiger charge is -2.23. The Bertz CT molecular complexity index is 1860. The first kappa shape index (κ1) is 27.5. The van der Waals surface area contributed by atoms with Crippen LogP contribution in [0.3, 0.4) is 0 Å². The topological polar surface area (TPSA) is 12.9 Å². The Morgan fingerprint density at radius 1 is 0.500 bits per heavy atom. The van der Waals surface area contributed by atoms with Gasteiger partial charge in [0.15, 0.2) is 0 Å². The highest BCUT2D eigenvalue weighted by atomic mass is 19.4. The smallest absolute Gasteiger partial charge is 0.256 e. The monoisotopic (exact) mass is 557 g/mol. The van der Waals surface area contributed by atoms with Crippen molar-refractivity contribution < 1.29 is 13.2 Å². The molecule has 0 aliphatic carbocycles. The standard InChI is InChI=1S/C38H30F3N/c1-37(2,3)34-22-31(21-30-11-7-8-12-32(30)34)36-23-33(35(24-42-36)38(39,40)41)29-19-17-28(18-20-29)27-15-13-26(14-16-27)25-9-5-4-6-10-25/h4-24H,1-3H3. The zero-order valence-electron chi connectivity index (χ0n) is 23.7. The number of rotatable bonds is 4. The number of fused-ring (bicyclic) bond motifs is 1. The molecule has 0 bridgehead atoms. The van der Waals surface area contributed by atoms with E-state index in [1.165, 1.54) is 0 Å². The molecule has 4 heteroatoms. The molecule has 6 rings (SSSR count). The summed E-state index contributed by atoms with van der Waals surface area (Å²) in [6.07, 6.45) is -3.57. The molecule has 5 aromatic carbocycles. The predicted molar refractivity (Wildman–Crippen MR) is 167 cm³/mol. The van der Waals surface area contributed by atoms with E-state index < -0.39 is 11.7 Å². The van der Waals surface area contributed by atoms with Gasteiger partial charge in [0.1, 0.15) is 0 Å². The average Bonchev–Trinajstić information content (AvgIpc) is 3.00. The van der Waals surface area contributed by atoms with Gasteiger partial charge in [-0.15, -0.1) is 0 Å². The SMILES string of the molecule is CC(C)(C)c1cc(-c2cc(-c3ccc(-c4ccc(-c5ccccc5)cc4)cc3)c(C(F)(F)F)cn2)cc2ccccc12. The van der Waals surface area contributed by atoms with Crippen molar-refractivity contribution in [2.45, 2.75) is 32.4 Å². The molecule has 0 saturated heterocycles. The van der Waals surface area contributed by atoms with Gasteiger partial charge in [0.05, 0.1) is 11.3 Å². The minimum Gasteiger partial charge on any atom is -0.256 e. The van der Waals surface area contributed by atoms with Crippen molar-refractivity contribution in [2.75, 3.05) is 0 Å². The summed E-state index contributed by atoms with van der Waals surface area (Å²) < 4.78 is 42.5. The molecule has 0 atom stereocenters. The number of nitrogens with zero attached hydrogens (tertiary/aromatic N) is 1. The zero-order chi connectivity index (χ0) is 29.5. The molecule has 0 aliphatic heterocycles. The van der Waals surface area contributed by atoms with E-state index in [4.69, 9.17) is 0 Å². The van der Waals surface area contributed by atoms with E-state index in [0.717, 1.165) is 50.4 Å². The Kier molecular flexibility index (Phi) is 6.94. The summed E-state index contributed by atoms with van der Waals surface area (Å²) in [5, 5.41) is 2.17. The maximum absolute atomic E-state index is 14.2. The molecule has 0 N–H and O–H groups in total. The van der Waals surface area contributed by atoms with Crippen LogP contribution >= 0.6 is 0 Å². The summed E-state index contributed by atoms with van der Waals surface area (Å²) in [6.45, 7) is 6.42. The minimum absolute atomic E-state index is 0.115. The highest BCUT2D eigenvalue weighted by Gasteiger charge is 2.34. The summed E-state index contributed by atoms with van der Waals surface area (Å²) in [4.78, 5) is 4.31. The number of pyridine rings is 1. The fourth-order valence-corrected chi connectivity index (χ4v) is 5.48. The van der Waals surface area contributed by atoms with Crippen LogP contribution in [-0.2, 0) is 11.6 Å². The Morgan fingerprint density at radius 2 is 1.02 bits per heavy atom. The second kappa shape index (κ2) is 10.6. The third-order valence-corrected chi connectivity index (χ3v) is 7.70. The molecule has 0 unspecified atom stereocenters. The summed E-state index contributed by atoms with van der Waals surface area (Å²) in [7, 11) is 0. The van der Waals surface area contributed by atoms with Crippen molar-refractivity contribution in [3.05, 3.63) is 139 Å². The lowest BCUT2D eigenvalue weighted by molar-refractivity contribution is -0.137. The first-order chi connectivity index (χ1) is 20.1. The molecule has 0 radical (unpaired) electrons. The van der Waals surface area contributed by atoms with Crippen molar-refractivity contribution in [1.29, 1.82) is 0 Å². The van der Waals surface area contributed by atoms with Crippen molar-refractivity contribution in [2.24, 2.45) is 0 Å². The molecular formula is C38H30F3N. The number of benzene rings is 5. The van der Waals surface area contributed by atoms with Gasteiger partial charge in [0.25, 0.3) is 0 Å². The van der Waals surface area contributed by atoms with Crippen LogP contribution in [0.25, 0.3) is 55.4 Å². The largest absolute Gasteiger partial charge is 0.418 e. The highest BCUT2D eigenvalue weighted by Crippen LogP contribution is 2.40. The van der Waals surface area contributed by atoms with Crippen LogP contribution in [0.4, 0.5) is 13.2 Å². The third kappa shape index (κ3) is 5.45. The van der Waals surface area contributed by atoms with Crippen LogP contribution in [0.2, 0.25) is 0 Å². The molecule has 0 spiro atoms. The van der Waals surface area contributed by atoms with Gasteiger partial charge in [-0.05, 0) is 73.3 Å². The summed E-state index contributed by atoms with van der Waals surface area (Å²) >= 11 is 0. The number of aromatic nitrogens is 1. The third-order valence-electron chi connectivity index (χ3n) is 7.70. The van der Waals surface area contributed by atoms with Crippen molar-refractivity contribution in [1.82, 2.24) is 4.98 Å². The van der Waals surface area contributed by atoms with Gasteiger partial charge in [-0.25, -0.2) is 0 Å². The predicted octanol–water partition coefficient (Wildman–Crippen LogP) is 11.2. The quantitative estimate of drug-likeness (QED) is 0.210. The number of alkyl halides is 3. The second-order valence-corrected chi connectivity index (χ2v) is 11.6. The lowest BCUT2D eigenvalue weighted by Crippen LogP contribution is -2.12. The molecule has 0 fully saturated rings. The Balaban J connectivity index is 1.40. The van der Waals surface area contributed by atoms with Gasteiger partial charge in [-0.2, -0.15) is 13.2 Å². The molecule has 6 aromatic rings. The van der Waals surface area contributed by atoms with Crippen molar-refractivity contribution in [3.63, 3.8) is 0 Å². The van der Waals surface area contributed by atoms with Gasteiger partial charge < -0.3 is 0 Å². The van der Waals surface area contributed by atoms with Crippen LogP contribution in [-0.4, -0.2) is 4.98 Å². The van der Waals surface area contributed by atoms with Crippen molar-refractivity contribution >= 4 is 10.8 Å². The van der Waals surface area contributed by atoms with E-state index in [-0.39, 0.29) is 11.0 Å². The first-order valence-corrected chi connectivity index (χ1v) is 14.0. The number of hydrogen-bond donors (Lipinski definition) is 0. The Morgan fingerprint density at radius 3 is 1.60 bits per heavy atom. The summed E-state index contributed by atoms with van der Waals surface area (Å²) in [5.41, 5.74) is 6.31. The fraction of sp³-hybridized carbons (Fsp3) is 0.132. The van der Waals surface area contributed by atoms with Gasteiger partial charge in [0.2, 0.25) is 0 Å². The molecule has 208 valence electrons. The molecule has 1 aromatic heterocycles. The zero-order valence-corrected chi connectivity index (χ0v) is 23.7. The average molecular weight is 558 g/mol. The van der Waals surface area contributed by atoms with E-state index in [1.807, 2.05) is 66.7 Å². The number of halogens is 3. The maximum Gasteiger partial charge on any atom is 0.418 e. The van der Waals surface area contributed by atoms with Gasteiger partial charge in [-0.3, -0.25) is 4.98 Å². The molecule has 1 heterocycles. The molecule has 0 amide bonds. The molecule has 0 aliphatic rings. The van der Waals surface area contributed by atoms with E-state index in [2.05, 4.69) is 62.2 Å². The van der Waals surface area contributed by atoms with Crippen molar-refractivity contribution in [3.8, 4) is 44.6 Å². The molecule has 42 heavy (non-hydrogen) atoms. The van der Waals surface area contributed by atoms with E-state index in [9.17, 15) is 13.2 Å². The van der Waals surface area contributed by atoms with E-state index in [1.54, 1.807) is 18.2 Å². The van der Waals surface area contributed by atoms with Crippen LogP contribution in [0.1, 0.15) is 31.9 Å². The van der Waals surface area contributed by atoms with Crippen LogP contribution in [0.15, 0.2) is 128 Å². The normalized spacial score (nSPS) is 12.0. The van der Waals surface area contributed by atoms with Crippen LogP contribution in [0.5, 0.6) is 0 Å². The summed E-state index contributed by atoms with van der Waals surface area (Å²) in [6, 6.07) is 39.3. The Labute approximate surface area is 244 Å². The molecular weight excluding hydrogens is 527 g/mol. The van der Waals surface area contributed by atoms with Crippen LogP contribution in [0, 0.1) is 0 Å². The van der Waals surface area contributed by atoms with Gasteiger partial charge in [0, 0.05) is 11.8 Å². The lowest BCUT2D eigenvalue weighted by atomic mass is 9.82. The molecule has 1 nitrogen and oxygen atoms in total. The van der Waals surface area contributed by atoms with Gasteiger partial charge in [-0.1, -0.05) is 124 Å². The van der Waals surface area contributed by atoms with Gasteiger partial charge >= 0.3 is 6.18 Å². The van der Waals surface area contributed by atoms with E-state index >= 15 is 0 Å².